The summed E-state index contributed by atoms with van der Waals surface area (Å²) in [4.78, 5) is 40.6. The Labute approximate surface area is 186 Å². The van der Waals surface area contributed by atoms with Crippen LogP contribution in [-0.4, -0.2) is 41.8 Å². The largest absolute Gasteiger partial charge is 0.498 e. The topological polar surface area (TPSA) is 75.7 Å². The fourth-order valence-electron chi connectivity index (χ4n) is 3.96. The van der Waals surface area contributed by atoms with Crippen LogP contribution in [0.5, 0.6) is 0 Å². The lowest BCUT2D eigenvalue weighted by Gasteiger charge is -2.31. The van der Waals surface area contributed by atoms with Gasteiger partial charge in [-0.05, 0) is 24.8 Å². The van der Waals surface area contributed by atoms with E-state index in [4.69, 9.17) is 4.74 Å². The van der Waals surface area contributed by atoms with Crippen LogP contribution in [-0.2, 0) is 25.5 Å². The third-order valence-electron chi connectivity index (χ3n) is 5.92. The van der Waals surface area contributed by atoms with Crippen LogP contribution in [0, 0.1) is 11.8 Å². The first-order chi connectivity index (χ1) is 14.7. The molecule has 0 fully saturated rings. The number of rotatable bonds is 10. The molecule has 0 saturated heterocycles. The summed E-state index contributed by atoms with van der Waals surface area (Å²) in [5.74, 6) is -0.731. The molecule has 0 bridgehead atoms. The molecule has 1 aliphatic rings. The molecule has 1 aromatic rings. The summed E-state index contributed by atoms with van der Waals surface area (Å²) in [6, 6.07) is 8.41. The number of nitrogens with one attached hydrogen (secondary N) is 1. The van der Waals surface area contributed by atoms with Crippen LogP contribution in [0.3, 0.4) is 0 Å². The van der Waals surface area contributed by atoms with Crippen molar-refractivity contribution in [3.05, 3.63) is 47.2 Å². The van der Waals surface area contributed by atoms with Gasteiger partial charge in [-0.2, -0.15) is 0 Å². The van der Waals surface area contributed by atoms with Gasteiger partial charge in [0, 0.05) is 12.3 Å². The Morgan fingerprint density at radius 1 is 1.16 bits per heavy atom. The molecule has 3 amide bonds. The quantitative estimate of drug-likeness (QED) is 0.614. The predicted octanol–water partition coefficient (Wildman–Crippen LogP) is 3.85. The molecule has 31 heavy (non-hydrogen) atoms. The summed E-state index contributed by atoms with van der Waals surface area (Å²) < 4.78 is 5.54. The van der Waals surface area contributed by atoms with E-state index >= 15 is 0 Å². The molecular formula is C25H36N2O4. The number of ether oxygens (including phenoxy) is 1. The van der Waals surface area contributed by atoms with Crippen molar-refractivity contribution in [3.8, 4) is 0 Å². The third kappa shape index (κ3) is 5.75. The lowest BCUT2D eigenvalue weighted by molar-refractivity contribution is -0.147. The Morgan fingerprint density at radius 3 is 2.35 bits per heavy atom. The van der Waals surface area contributed by atoms with E-state index in [-0.39, 0.29) is 29.6 Å². The van der Waals surface area contributed by atoms with Gasteiger partial charge in [-0.15, -0.1) is 0 Å². The first-order valence-corrected chi connectivity index (χ1v) is 11.2. The minimum Gasteiger partial charge on any atom is -0.498 e. The summed E-state index contributed by atoms with van der Waals surface area (Å²) in [6.45, 7) is 9.40. The highest BCUT2D eigenvalue weighted by Gasteiger charge is 2.45. The van der Waals surface area contributed by atoms with Gasteiger partial charge in [0.2, 0.25) is 5.91 Å². The number of amides is 3. The third-order valence-corrected chi connectivity index (χ3v) is 5.92. The van der Waals surface area contributed by atoms with Crippen molar-refractivity contribution in [1.29, 1.82) is 0 Å². The highest BCUT2D eigenvalue weighted by Crippen LogP contribution is 2.30. The van der Waals surface area contributed by atoms with Crippen LogP contribution >= 0.6 is 0 Å². The molecule has 1 unspecified atom stereocenters. The van der Waals surface area contributed by atoms with Crippen LogP contribution in [0.1, 0.15) is 59.4 Å². The van der Waals surface area contributed by atoms with Crippen molar-refractivity contribution < 1.29 is 19.1 Å². The molecule has 1 N–H and O–H groups in total. The lowest BCUT2D eigenvalue weighted by Crippen LogP contribution is -2.55. The molecule has 170 valence electrons. The first kappa shape index (κ1) is 24.6. The molecule has 2 rings (SSSR count). The van der Waals surface area contributed by atoms with Gasteiger partial charge in [-0.1, -0.05) is 70.9 Å². The number of imide groups is 1. The van der Waals surface area contributed by atoms with Crippen molar-refractivity contribution in [2.45, 2.75) is 72.4 Å². The SMILES string of the molecule is CCCCC(C)C(=O)N[C@@H](C(=O)N1C(=O)C(C)=C(OC)[C@@H]1Cc1ccccc1)C(C)C. The summed E-state index contributed by atoms with van der Waals surface area (Å²) in [7, 11) is 1.52. The van der Waals surface area contributed by atoms with Gasteiger partial charge < -0.3 is 10.1 Å². The minimum absolute atomic E-state index is 0.150. The lowest BCUT2D eigenvalue weighted by atomic mass is 9.98. The Morgan fingerprint density at radius 2 is 1.81 bits per heavy atom. The number of carbonyl (C=O) groups excluding carboxylic acids is 3. The smallest absolute Gasteiger partial charge is 0.260 e. The van der Waals surface area contributed by atoms with Crippen LogP contribution in [0.25, 0.3) is 0 Å². The molecule has 0 aromatic heterocycles. The van der Waals surface area contributed by atoms with E-state index in [0.717, 1.165) is 24.8 Å². The Balaban J connectivity index is 2.29. The summed E-state index contributed by atoms with van der Waals surface area (Å²) in [6.07, 6.45) is 3.21. The second kappa shape index (κ2) is 11.1. The minimum atomic E-state index is -0.775. The number of unbranched alkanes of at least 4 members (excludes halogenated alkanes) is 1. The second-order valence-electron chi connectivity index (χ2n) is 8.69. The van der Waals surface area contributed by atoms with E-state index in [1.807, 2.05) is 51.1 Å². The average Bonchev–Trinajstić information content (AvgIpc) is 2.99. The molecule has 6 heteroatoms. The second-order valence-corrected chi connectivity index (χ2v) is 8.69. The van der Waals surface area contributed by atoms with Gasteiger partial charge in [-0.25, -0.2) is 0 Å². The molecule has 0 saturated carbocycles. The zero-order chi connectivity index (χ0) is 23.1. The van der Waals surface area contributed by atoms with Gasteiger partial charge in [0.05, 0.1) is 12.7 Å². The van der Waals surface area contributed by atoms with E-state index in [9.17, 15) is 14.4 Å². The fourth-order valence-corrected chi connectivity index (χ4v) is 3.96. The molecule has 0 radical (unpaired) electrons. The van der Waals surface area contributed by atoms with Crippen LogP contribution < -0.4 is 5.32 Å². The van der Waals surface area contributed by atoms with Gasteiger partial charge in [0.25, 0.3) is 11.8 Å². The number of methoxy groups -OCH3 is 1. The number of hydrogen-bond donors (Lipinski definition) is 1. The summed E-state index contributed by atoms with van der Waals surface area (Å²) >= 11 is 0. The van der Waals surface area contributed by atoms with Crippen molar-refractivity contribution in [1.82, 2.24) is 10.2 Å². The van der Waals surface area contributed by atoms with Gasteiger partial charge in [0.1, 0.15) is 17.8 Å². The average molecular weight is 429 g/mol. The van der Waals surface area contributed by atoms with Gasteiger partial charge >= 0.3 is 0 Å². The standard InChI is InChI=1S/C25H36N2O4/c1-7-8-12-17(4)23(28)26-21(16(2)3)25(30)27-20(15-19-13-10-9-11-14-19)22(31-6)18(5)24(27)29/h9-11,13-14,16-17,20-21H,7-8,12,15H2,1-6H3,(H,26,28)/t17?,20-,21+/m0/s1. The number of benzene rings is 1. The molecule has 6 nitrogen and oxygen atoms in total. The van der Waals surface area contributed by atoms with Crippen molar-refractivity contribution in [2.24, 2.45) is 11.8 Å². The van der Waals surface area contributed by atoms with E-state index in [0.29, 0.717) is 17.8 Å². The van der Waals surface area contributed by atoms with Crippen molar-refractivity contribution >= 4 is 17.7 Å². The molecule has 1 aromatic carbocycles. The summed E-state index contributed by atoms with van der Waals surface area (Å²) in [5, 5.41) is 2.91. The summed E-state index contributed by atoms with van der Waals surface area (Å²) in [5.41, 5.74) is 1.43. The van der Waals surface area contributed by atoms with Gasteiger partial charge in [0.15, 0.2) is 0 Å². The van der Waals surface area contributed by atoms with E-state index in [1.165, 1.54) is 12.0 Å². The van der Waals surface area contributed by atoms with Crippen molar-refractivity contribution in [3.63, 3.8) is 0 Å². The van der Waals surface area contributed by atoms with Crippen molar-refractivity contribution in [2.75, 3.05) is 7.11 Å². The normalized spacial score (nSPS) is 18.4. The Kier molecular flexibility index (Phi) is 8.84. The molecule has 0 spiro atoms. The monoisotopic (exact) mass is 428 g/mol. The molecule has 1 aliphatic heterocycles. The van der Waals surface area contributed by atoms with E-state index < -0.39 is 12.1 Å². The van der Waals surface area contributed by atoms with Gasteiger partial charge in [-0.3, -0.25) is 19.3 Å². The molecule has 3 atom stereocenters. The molecular weight excluding hydrogens is 392 g/mol. The van der Waals surface area contributed by atoms with Crippen LogP contribution in [0.4, 0.5) is 0 Å². The highest BCUT2D eigenvalue weighted by molar-refractivity contribution is 6.09. The first-order valence-electron chi connectivity index (χ1n) is 11.2. The van der Waals surface area contributed by atoms with E-state index in [1.54, 1.807) is 6.92 Å². The maximum Gasteiger partial charge on any atom is 0.260 e. The maximum atomic E-state index is 13.6. The number of nitrogens with zero attached hydrogens (tertiary/aromatic N) is 1. The van der Waals surface area contributed by atoms with Crippen LogP contribution in [0.15, 0.2) is 41.7 Å². The number of hydrogen-bond acceptors (Lipinski definition) is 4. The fraction of sp³-hybridized carbons (Fsp3) is 0.560. The Bertz CT molecular complexity index is 816. The zero-order valence-corrected chi connectivity index (χ0v) is 19.6. The molecule has 0 aliphatic carbocycles. The maximum absolute atomic E-state index is 13.6. The zero-order valence-electron chi connectivity index (χ0n) is 19.6. The highest BCUT2D eigenvalue weighted by atomic mass is 16.5. The Hall–Kier alpha value is -2.63. The van der Waals surface area contributed by atoms with E-state index in [2.05, 4.69) is 12.2 Å². The molecule has 1 heterocycles. The number of carbonyl (C=O) groups is 3. The predicted molar refractivity (Wildman–Crippen MR) is 121 cm³/mol. The van der Waals surface area contributed by atoms with Crippen LogP contribution in [0.2, 0.25) is 0 Å².